The SMILES string of the molecule is O=C(O)c1cc(COc2ccccc2)cc(Cn2cc(C3c4ccccc4C=Cc4ccccc43)c(=S)[nH]c2=O)c1. The van der Waals surface area contributed by atoms with Gasteiger partial charge in [-0.1, -0.05) is 97.2 Å². The summed E-state index contributed by atoms with van der Waals surface area (Å²) in [5, 5.41) is 9.77. The van der Waals surface area contributed by atoms with Crippen molar-refractivity contribution in [2.24, 2.45) is 0 Å². The number of hydrogen-bond donors (Lipinski definition) is 2. The molecule has 41 heavy (non-hydrogen) atoms. The van der Waals surface area contributed by atoms with Crippen molar-refractivity contribution in [3.63, 3.8) is 0 Å². The first-order valence-electron chi connectivity index (χ1n) is 13.2. The van der Waals surface area contributed by atoms with E-state index in [1.54, 1.807) is 22.9 Å². The number of aromatic carboxylic acids is 1. The highest BCUT2D eigenvalue weighted by atomic mass is 32.1. The third kappa shape index (κ3) is 5.53. The molecule has 0 saturated carbocycles. The summed E-state index contributed by atoms with van der Waals surface area (Å²) < 4.78 is 7.79. The van der Waals surface area contributed by atoms with E-state index in [9.17, 15) is 14.7 Å². The maximum Gasteiger partial charge on any atom is 0.335 e. The van der Waals surface area contributed by atoms with E-state index in [-0.39, 0.29) is 30.3 Å². The molecule has 6 rings (SSSR count). The van der Waals surface area contributed by atoms with Crippen LogP contribution in [0.3, 0.4) is 0 Å². The molecule has 1 aromatic heterocycles. The second kappa shape index (κ2) is 11.2. The highest BCUT2D eigenvalue weighted by Crippen LogP contribution is 2.39. The van der Waals surface area contributed by atoms with Gasteiger partial charge in [-0.05, 0) is 57.6 Å². The largest absolute Gasteiger partial charge is 0.489 e. The molecule has 6 nitrogen and oxygen atoms in total. The van der Waals surface area contributed by atoms with Crippen LogP contribution in [-0.4, -0.2) is 20.6 Å². The number of fused-ring (bicyclic) bond motifs is 2. The van der Waals surface area contributed by atoms with E-state index >= 15 is 0 Å². The van der Waals surface area contributed by atoms with Crippen molar-refractivity contribution in [2.45, 2.75) is 19.1 Å². The molecule has 0 aliphatic heterocycles. The molecule has 5 aromatic rings. The van der Waals surface area contributed by atoms with Gasteiger partial charge in [0.05, 0.1) is 12.1 Å². The van der Waals surface area contributed by atoms with Crippen molar-refractivity contribution in [1.29, 1.82) is 0 Å². The predicted octanol–water partition coefficient (Wildman–Crippen LogP) is 6.90. The minimum Gasteiger partial charge on any atom is -0.489 e. The number of H-pyrrole nitrogens is 1. The summed E-state index contributed by atoms with van der Waals surface area (Å²) in [7, 11) is 0. The number of carbonyl (C=O) groups is 1. The summed E-state index contributed by atoms with van der Waals surface area (Å²) >= 11 is 5.72. The molecule has 0 fully saturated rings. The Hall–Kier alpha value is -5.01. The Morgan fingerprint density at radius 2 is 1.44 bits per heavy atom. The number of ether oxygens (including phenoxy) is 1. The molecule has 4 aromatic carbocycles. The van der Waals surface area contributed by atoms with Gasteiger partial charge in [-0.15, -0.1) is 0 Å². The number of para-hydroxylation sites is 1. The molecule has 0 spiro atoms. The molecule has 1 heterocycles. The van der Waals surface area contributed by atoms with Gasteiger partial charge in [0.25, 0.3) is 0 Å². The zero-order valence-corrected chi connectivity index (χ0v) is 22.8. The smallest absolute Gasteiger partial charge is 0.335 e. The second-order valence-corrected chi connectivity index (χ2v) is 10.3. The summed E-state index contributed by atoms with van der Waals surface area (Å²) in [5.74, 6) is -0.564. The van der Waals surface area contributed by atoms with Gasteiger partial charge in [-0.3, -0.25) is 9.55 Å². The van der Waals surface area contributed by atoms with Gasteiger partial charge in [-0.2, -0.15) is 0 Å². The van der Waals surface area contributed by atoms with Crippen molar-refractivity contribution in [2.75, 3.05) is 0 Å². The van der Waals surface area contributed by atoms with Gasteiger partial charge >= 0.3 is 11.7 Å². The van der Waals surface area contributed by atoms with Crippen LogP contribution in [0.1, 0.15) is 55.2 Å². The van der Waals surface area contributed by atoms with E-state index in [0.29, 0.717) is 21.5 Å². The lowest BCUT2D eigenvalue weighted by Gasteiger charge is -2.22. The number of rotatable bonds is 7. The molecule has 7 heteroatoms. The van der Waals surface area contributed by atoms with Crippen LogP contribution in [0.25, 0.3) is 12.2 Å². The van der Waals surface area contributed by atoms with Crippen molar-refractivity contribution in [3.8, 4) is 5.75 Å². The highest BCUT2D eigenvalue weighted by Gasteiger charge is 2.25. The Labute approximate surface area is 241 Å². The molecule has 2 N–H and O–H groups in total. The summed E-state index contributed by atoms with van der Waals surface area (Å²) in [6.45, 7) is 0.351. The number of carboxylic acids is 1. The van der Waals surface area contributed by atoms with Gasteiger partial charge in [0.2, 0.25) is 0 Å². The minimum atomic E-state index is -1.05. The van der Waals surface area contributed by atoms with Gasteiger partial charge in [0.1, 0.15) is 17.0 Å². The quantitative estimate of drug-likeness (QED) is 0.208. The minimum absolute atomic E-state index is 0.129. The Bertz CT molecular complexity index is 1860. The molecule has 0 saturated heterocycles. The summed E-state index contributed by atoms with van der Waals surface area (Å²) in [4.78, 5) is 27.9. The van der Waals surface area contributed by atoms with Crippen molar-refractivity contribution >= 4 is 30.3 Å². The third-order valence-corrected chi connectivity index (χ3v) is 7.54. The van der Waals surface area contributed by atoms with E-state index in [1.165, 1.54) is 0 Å². The standard InChI is InChI=1S/C34H26N2O4S/c37-33(38)26-17-22(16-23(18-26)21-40-27-10-2-1-3-11-27)19-36-20-30(32(41)35-34(36)39)31-28-12-6-4-8-24(28)14-15-25-9-5-7-13-29(25)31/h1-18,20,31H,19,21H2,(H,37,38)(H,35,39,41). The van der Waals surface area contributed by atoms with Crippen LogP contribution < -0.4 is 10.4 Å². The molecular formula is C34H26N2O4S. The van der Waals surface area contributed by atoms with E-state index in [4.69, 9.17) is 17.0 Å². The van der Waals surface area contributed by atoms with Crippen molar-refractivity contribution in [3.05, 3.63) is 163 Å². The van der Waals surface area contributed by atoms with Crippen LogP contribution in [0.5, 0.6) is 5.75 Å². The lowest BCUT2D eigenvalue weighted by molar-refractivity contribution is 0.0696. The average Bonchev–Trinajstić information content (AvgIpc) is 3.15. The predicted molar refractivity (Wildman–Crippen MR) is 162 cm³/mol. The van der Waals surface area contributed by atoms with Gasteiger partial charge in [0, 0.05) is 17.7 Å². The number of carboxylic acid groups (broad SMARTS) is 1. The maximum absolute atomic E-state index is 13.1. The number of aromatic amines is 1. The second-order valence-electron chi connectivity index (χ2n) is 9.94. The average molecular weight is 559 g/mol. The summed E-state index contributed by atoms with van der Waals surface area (Å²) in [6, 6.07) is 30.7. The maximum atomic E-state index is 13.1. The molecule has 0 amide bonds. The topological polar surface area (TPSA) is 84.3 Å². The molecular weight excluding hydrogens is 532 g/mol. The van der Waals surface area contributed by atoms with Gasteiger partial charge in [0.15, 0.2) is 0 Å². The van der Waals surface area contributed by atoms with E-state index in [0.717, 1.165) is 27.8 Å². The monoisotopic (exact) mass is 558 g/mol. The van der Waals surface area contributed by atoms with Crippen LogP contribution in [0.15, 0.2) is 108 Å². The highest BCUT2D eigenvalue weighted by molar-refractivity contribution is 7.71. The van der Waals surface area contributed by atoms with Crippen LogP contribution in [0, 0.1) is 4.64 Å². The summed E-state index contributed by atoms with van der Waals surface area (Å²) in [5.41, 5.74) is 6.26. The Morgan fingerprint density at radius 3 is 2.10 bits per heavy atom. The Balaban J connectivity index is 1.41. The molecule has 1 aliphatic carbocycles. The molecule has 0 radical (unpaired) electrons. The Kier molecular flexibility index (Phi) is 7.18. The van der Waals surface area contributed by atoms with Crippen molar-refractivity contribution in [1.82, 2.24) is 9.55 Å². The van der Waals surface area contributed by atoms with Crippen LogP contribution in [-0.2, 0) is 13.2 Å². The van der Waals surface area contributed by atoms with Crippen LogP contribution in [0.2, 0.25) is 0 Å². The number of hydrogen-bond acceptors (Lipinski definition) is 4. The number of aromatic nitrogens is 2. The first-order valence-corrected chi connectivity index (χ1v) is 13.6. The van der Waals surface area contributed by atoms with E-state index in [1.807, 2.05) is 60.7 Å². The van der Waals surface area contributed by atoms with Gasteiger partial charge < -0.3 is 9.84 Å². The van der Waals surface area contributed by atoms with E-state index in [2.05, 4.69) is 41.4 Å². The third-order valence-electron chi connectivity index (χ3n) is 7.21. The van der Waals surface area contributed by atoms with Crippen molar-refractivity contribution < 1.29 is 14.6 Å². The van der Waals surface area contributed by atoms with Crippen LogP contribution >= 0.6 is 12.2 Å². The lowest BCUT2D eigenvalue weighted by atomic mass is 9.83. The molecule has 202 valence electrons. The molecule has 1 aliphatic rings. The fourth-order valence-electron chi connectivity index (χ4n) is 5.32. The summed E-state index contributed by atoms with van der Waals surface area (Å²) in [6.07, 6.45) is 6.01. The fourth-order valence-corrected chi connectivity index (χ4v) is 5.58. The number of nitrogens with zero attached hydrogens (tertiary/aromatic N) is 1. The lowest BCUT2D eigenvalue weighted by Crippen LogP contribution is -2.25. The Morgan fingerprint density at radius 1 is 0.829 bits per heavy atom. The fraction of sp³-hybridized carbons (Fsp3) is 0.0882. The number of benzene rings is 4. The first-order chi connectivity index (χ1) is 20.0. The molecule has 0 bridgehead atoms. The molecule has 0 unspecified atom stereocenters. The first kappa shape index (κ1) is 26.2. The number of nitrogens with one attached hydrogen (secondary N) is 1. The van der Waals surface area contributed by atoms with Crippen LogP contribution in [0.4, 0.5) is 0 Å². The molecule has 0 atom stereocenters. The normalized spacial score (nSPS) is 12.3. The van der Waals surface area contributed by atoms with E-state index < -0.39 is 5.97 Å². The zero-order chi connectivity index (χ0) is 28.3. The van der Waals surface area contributed by atoms with Gasteiger partial charge in [-0.25, -0.2) is 9.59 Å². The zero-order valence-electron chi connectivity index (χ0n) is 22.0.